The van der Waals surface area contributed by atoms with Crippen molar-refractivity contribution in [2.45, 2.75) is 64.2 Å². The van der Waals surface area contributed by atoms with Crippen molar-refractivity contribution >= 4 is 5.97 Å². The zero-order chi connectivity index (χ0) is 15.0. The monoisotopic (exact) mass is 274 g/mol. The van der Waals surface area contributed by atoms with Gasteiger partial charge in [0.25, 0.3) is 0 Å². The number of benzene rings is 1. The van der Waals surface area contributed by atoms with E-state index in [0.717, 1.165) is 31.2 Å². The van der Waals surface area contributed by atoms with Gasteiger partial charge in [-0.25, -0.2) is 0 Å². The predicted octanol–water partition coefficient (Wildman–Crippen LogP) is 4.52. The first kappa shape index (κ1) is 15.1. The molecule has 0 bridgehead atoms. The van der Waals surface area contributed by atoms with E-state index < -0.39 is 11.4 Å². The highest BCUT2D eigenvalue weighted by molar-refractivity contribution is 5.81. The molecule has 0 heterocycles. The largest absolute Gasteiger partial charge is 0.481 e. The summed E-state index contributed by atoms with van der Waals surface area (Å²) in [7, 11) is 0. The predicted molar refractivity (Wildman–Crippen MR) is 82.1 cm³/mol. The van der Waals surface area contributed by atoms with Crippen LogP contribution >= 0.6 is 0 Å². The summed E-state index contributed by atoms with van der Waals surface area (Å²) in [6, 6.07) is 8.26. The number of rotatable bonds is 2. The Balaban J connectivity index is 2.34. The number of carboxylic acid groups (broad SMARTS) is 1. The van der Waals surface area contributed by atoms with Crippen molar-refractivity contribution in [3.8, 4) is 0 Å². The van der Waals surface area contributed by atoms with Crippen LogP contribution in [0.3, 0.4) is 0 Å². The van der Waals surface area contributed by atoms with Crippen LogP contribution in [0.4, 0.5) is 0 Å². The Labute approximate surface area is 122 Å². The first-order valence-corrected chi connectivity index (χ1v) is 7.60. The fraction of sp³-hybridized carbons (Fsp3) is 0.611. The van der Waals surface area contributed by atoms with Gasteiger partial charge in [0.2, 0.25) is 0 Å². The minimum absolute atomic E-state index is 0.107. The molecule has 0 radical (unpaired) electrons. The Bertz CT molecular complexity index is 471. The molecule has 0 aromatic heterocycles. The van der Waals surface area contributed by atoms with Gasteiger partial charge in [-0.05, 0) is 48.1 Å². The minimum Gasteiger partial charge on any atom is -0.481 e. The molecule has 1 saturated carbocycles. The van der Waals surface area contributed by atoms with Gasteiger partial charge in [-0.1, -0.05) is 52.0 Å². The van der Waals surface area contributed by atoms with E-state index >= 15 is 0 Å². The molecule has 0 spiro atoms. The summed E-state index contributed by atoms with van der Waals surface area (Å²) in [5.41, 5.74) is 1.68. The lowest BCUT2D eigenvalue weighted by atomic mass is 9.66. The summed E-state index contributed by atoms with van der Waals surface area (Å²) in [6.07, 6.45) is 3.54. The summed E-state index contributed by atoms with van der Waals surface area (Å²) in [5, 5.41) is 9.76. The summed E-state index contributed by atoms with van der Waals surface area (Å²) < 4.78 is 0. The molecular formula is C18H26O2. The molecule has 2 rings (SSSR count). The van der Waals surface area contributed by atoms with Crippen molar-refractivity contribution in [1.29, 1.82) is 0 Å². The van der Waals surface area contributed by atoms with Crippen molar-refractivity contribution < 1.29 is 9.90 Å². The van der Waals surface area contributed by atoms with Crippen LogP contribution in [0, 0.1) is 5.92 Å². The van der Waals surface area contributed by atoms with Crippen molar-refractivity contribution in [3.05, 3.63) is 35.4 Å². The first-order chi connectivity index (χ1) is 9.25. The van der Waals surface area contributed by atoms with Gasteiger partial charge in [0.05, 0.1) is 5.41 Å². The quantitative estimate of drug-likeness (QED) is 0.861. The summed E-state index contributed by atoms with van der Waals surface area (Å²) in [5.74, 6) is -0.00997. The number of hydrogen-bond donors (Lipinski definition) is 1. The lowest BCUT2D eigenvalue weighted by molar-refractivity contribution is -0.145. The fourth-order valence-electron chi connectivity index (χ4n) is 3.17. The molecule has 1 aromatic rings. The Hall–Kier alpha value is -1.31. The van der Waals surface area contributed by atoms with Gasteiger partial charge in [0.15, 0.2) is 0 Å². The smallest absolute Gasteiger partial charge is 0.314 e. The number of hydrogen-bond acceptors (Lipinski definition) is 1. The van der Waals surface area contributed by atoms with Crippen LogP contribution in [0.1, 0.15) is 64.5 Å². The highest BCUT2D eigenvalue weighted by Gasteiger charge is 2.42. The maximum atomic E-state index is 11.9. The lowest BCUT2D eigenvalue weighted by Gasteiger charge is -2.36. The van der Waals surface area contributed by atoms with Gasteiger partial charge in [0.1, 0.15) is 0 Å². The van der Waals surface area contributed by atoms with Crippen molar-refractivity contribution in [3.63, 3.8) is 0 Å². The van der Waals surface area contributed by atoms with Gasteiger partial charge in [0, 0.05) is 0 Å². The molecule has 0 unspecified atom stereocenters. The second-order valence-corrected chi connectivity index (χ2v) is 7.40. The lowest BCUT2D eigenvalue weighted by Crippen LogP contribution is -2.39. The fourth-order valence-corrected chi connectivity index (χ4v) is 3.17. The molecule has 1 aliphatic carbocycles. The van der Waals surface area contributed by atoms with Crippen LogP contribution in [0.15, 0.2) is 24.3 Å². The van der Waals surface area contributed by atoms with Crippen molar-refractivity contribution in [2.24, 2.45) is 5.92 Å². The Morgan fingerprint density at radius 2 is 1.65 bits per heavy atom. The molecule has 20 heavy (non-hydrogen) atoms. The zero-order valence-corrected chi connectivity index (χ0v) is 13.1. The molecule has 0 aliphatic heterocycles. The van der Waals surface area contributed by atoms with Gasteiger partial charge in [-0.3, -0.25) is 4.79 Å². The molecule has 2 heteroatoms. The van der Waals surface area contributed by atoms with Gasteiger partial charge < -0.3 is 5.11 Å². The number of aliphatic carboxylic acids is 1. The summed E-state index contributed by atoms with van der Waals surface area (Å²) >= 11 is 0. The van der Waals surface area contributed by atoms with E-state index in [1.165, 1.54) is 5.56 Å². The van der Waals surface area contributed by atoms with Gasteiger partial charge in [-0.15, -0.1) is 0 Å². The van der Waals surface area contributed by atoms with Gasteiger partial charge >= 0.3 is 5.97 Å². The molecule has 110 valence electrons. The highest BCUT2D eigenvalue weighted by atomic mass is 16.4. The molecular weight excluding hydrogens is 248 g/mol. The standard InChI is InChI=1S/C18H26O2/c1-13-9-11-18(12-10-13,16(19)20)15-7-5-14(6-8-15)17(2,3)4/h5-8,13H,9-12H2,1-4H3,(H,19,20). The van der Waals surface area contributed by atoms with E-state index in [9.17, 15) is 9.90 Å². The van der Waals surface area contributed by atoms with Crippen LogP contribution in [0.5, 0.6) is 0 Å². The SMILES string of the molecule is CC1CCC(C(=O)O)(c2ccc(C(C)(C)C)cc2)CC1. The van der Waals surface area contributed by atoms with Crippen molar-refractivity contribution in [1.82, 2.24) is 0 Å². The van der Waals surface area contributed by atoms with E-state index in [1.807, 2.05) is 12.1 Å². The molecule has 0 atom stereocenters. The van der Waals surface area contributed by atoms with Crippen LogP contribution in [0.2, 0.25) is 0 Å². The Kier molecular flexibility index (Phi) is 3.95. The average Bonchev–Trinajstić information content (AvgIpc) is 2.39. The van der Waals surface area contributed by atoms with E-state index in [4.69, 9.17) is 0 Å². The first-order valence-electron chi connectivity index (χ1n) is 7.60. The summed E-state index contributed by atoms with van der Waals surface area (Å²) in [6.45, 7) is 8.75. The zero-order valence-electron chi connectivity index (χ0n) is 13.1. The minimum atomic E-state index is -0.664. The van der Waals surface area contributed by atoms with Crippen LogP contribution in [0.25, 0.3) is 0 Å². The summed E-state index contributed by atoms with van der Waals surface area (Å²) in [4.78, 5) is 11.9. The third-order valence-corrected chi connectivity index (χ3v) is 4.84. The molecule has 0 amide bonds. The molecule has 1 N–H and O–H groups in total. The molecule has 1 aromatic carbocycles. The van der Waals surface area contributed by atoms with Crippen LogP contribution in [-0.2, 0) is 15.6 Å². The number of carbonyl (C=O) groups is 1. The molecule has 2 nitrogen and oxygen atoms in total. The van der Waals surface area contributed by atoms with Crippen LogP contribution in [-0.4, -0.2) is 11.1 Å². The highest BCUT2D eigenvalue weighted by Crippen LogP contribution is 2.42. The Morgan fingerprint density at radius 1 is 1.15 bits per heavy atom. The van der Waals surface area contributed by atoms with Crippen molar-refractivity contribution in [2.75, 3.05) is 0 Å². The molecule has 1 fully saturated rings. The average molecular weight is 274 g/mol. The topological polar surface area (TPSA) is 37.3 Å². The van der Waals surface area contributed by atoms with E-state index in [0.29, 0.717) is 5.92 Å². The number of carboxylic acids is 1. The van der Waals surface area contributed by atoms with E-state index in [2.05, 4.69) is 39.8 Å². The van der Waals surface area contributed by atoms with E-state index in [-0.39, 0.29) is 5.41 Å². The normalized spacial score (nSPS) is 27.3. The van der Waals surface area contributed by atoms with Crippen LogP contribution < -0.4 is 0 Å². The third-order valence-electron chi connectivity index (χ3n) is 4.84. The molecule has 0 saturated heterocycles. The Morgan fingerprint density at radius 3 is 2.05 bits per heavy atom. The maximum Gasteiger partial charge on any atom is 0.314 e. The van der Waals surface area contributed by atoms with E-state index in [1.54, 1.807) is 0 Å². The third kappa shape index (κ3) is 2.74. The molecule has 1 aliphatic rings. The second-order valence-electron chi connectivity index (χ2n) is 7.40. The second kappa shape index (κ2) is 5.23. The van der Waals surface area contributed by atoms with Gasteiger partial charge in [-0.2, -0.15) is 0 Å². The maximum absolute atomic E-state index is 11.9.